The van der Waals surface area contributed by atoms with Crippen molar-refractivity contribution in [3.8, 4) is 0 Å². The lowest BCUT2D eigenvalue weighted by Crippen LogP contribution is -2.51. The summed E-state index contributed by atoms with van der Waals surface area (Å²) in [6, 6.07) is -0.465. The molecule has 372 valence electrons. The molecule has 0 aromatic rings. The van der Waals surface area contributed by atoms with Crippen LogP contribution in [0.4, 0.5) is 24.0 Å². The van der Waals surface area contributed by atoms with Gasteiger partial charge in [-0.3, -0.25) is 0 Å². The van der Waals surface area contributed by atoms with Gasteiger partial charge in [-0.2, -0.15) is 0 Å². The molecule has 5 amide bonds. The summed E-state index contributed by atoms with van der Waals surface area (Å²) in [7, 11) is 0. The molecule has 0 aromatic heterocycles. The fraction of sp³-hybridized carbons (Fsp3) is 0.833. The van der Waals surface area contributed by atoms with E-state index < -0.39 is 54.7 Å². The summed E-state index contributed by atoms with van der Waals surface area (Å²) in [5, 5.41) is 14.5. The Balaban J connectivity index is 1.38. The van der Waals surface area contributed by atoms with E-state index in [4.69, 9.17) is 28.4 Å². The van der Waals surface area contributed by atoms with Crippen molar-refractivity contribution in [3.63, 3.8) is 0 Å². The number of nitrogens with one attached hydrogen (secondary N) is 5. The highest BCUT2D eigenvalue weighted by Gasteiger charge is 2.44. The predicted octanol–water partition coefficient (Wildman–Crippen LogP) is 8.53. The molecule has 3 fully saturated rings. The summed E-state index contributed by atoms with van der Waals surface area (Å²) in [4.78, 5) is 75.2. The quantitative estimate of drug-likeness (QED) is 0.0497. The van der Waals surface area contributed by atoms with Crippen molar-refractivity contribution in [3.05, 3.63) is 12.7 Å². The third-order valence-corrected chi connectivity index (χ3v) is 12.6. The topological polar surface area (TPSA) is 218 Å². The molecule has 5 N–H and O–H groups in total. The van der Waals surface area contributed by atoms with Crippen LogP contribution in [0.2, 0.25) is 0 Å². The van der Waals surface area contributed by atoms with Crippen molar-refractivity contribution in [1.29, 1.82) is 0 Å². The maximum absolute atomic E-state index is 13.0. The average Bonchev–Trinajstić information content (AvgIpc) is 3.13. The summed E-state index contributed by atoms with van der Waals surface area (Å²) in [6.07, 6.45) is 3.29. The molecule has 0 saturated heterocycles. The number of carbonyl (C=O) groups is 6. The van der Waals surface area contributed by atoms with Crippen LogP contribution in [0.3, 0.4) is 0 Å². The van der Waals surface area contributed by atoms with Crippen LogP contribution in [0.5, 0.6) is 0 Å². The van der Waals surface area contributed by atoms with E-state index in [-0.39, 0.29) is 64.4 Å². The highest BCUT2D eigenvalue weighted by molar-refractivity contribution is 5.81. The van der Waals surface area contributed by atoms with Gasteiger partial charge in [-0.25, -0.2) is 28.8 Å². The van der Waals surface area contributed by atoms with E-state index in [1.165, 1.54) is 6.42 Å². The third kappa shape index (κ3) is 20.3. The second-order valence-corrected chi connectivity index (χ2v) is 23.2. The number of esters is 1. The maximum atomic E-state index is 13.0. The molecule has 0 bridgehead atoms. The SMILES string of the molecule is C=CC(=O)OCC(C)OC(=O)NCC1(C)CC(NC(=O)OC(C)COC(=O)NCC2(C)CC(NC(=O)OC(C)COC(=O)NCC3(C)CC(C)CC(C)(C)C3)CC(C)(C)C2)CC(C)(C)C1. The Morgan fingerprint density at radius 2 is 0.846 bits per heavy atom. The van der Waals surface area contributed by atoms with Gasteiger partial charge in [-0.15, -0.1) is 0 Å². The molecule has 0 aromatic carbocycles. The Morgan fingerprint density at radius 1 is 0.508 bits per heavy atom. The maximum Gasteiger partial charge on any atom is 0.407 e. The Kier molecular flexibility index (Phi) is 19.3. The largest absolute Gasteiger partial charge is 0.459 e. The van der Waals surface area contributed by atoms with Gasteiger partial charge in [0.2, 0.25) is 0 Å². The van der Waals surface area contributed by atoms with Gasteiger partial charge in [0.15, 0.2) is 0 Å². The summed E-state index contributed by atoms with van der Waals surface area (Å²) in [5.74, 6) is -0.0208. The van der Waals surface area contributed by atoms with E-state index in [0.717, 1.165) is 31.8 Å². The summed E-state index contributed by atoms with van der Waals surface area (Å²) >= 11 is 0. The molecule has 17 nitrogen and oxygen atoms in total. The molecule has 9 unspecified atom stereocenters. The minimum atomic E-state index is -0.736. The van der Waals surface area contributed by atoms with Crippen molar-refractivity contribution >= 4 is 36.4 Å². The van der Waals surface area contributed by atoms with Crippen LogP contribution in [0.15, 0.2) is 12.7 Å². The number of hydrogen-bond donors (Lipinski definition) is 5. The predicted molar refractivity (Wildman–Crippen MR) is 246 cm³/mol. The Labute approximate surface area is 388 Å². The number of carbonyl (C=O) groups excluding carboxylic acids is 6. The second kappa shape index (κ2) is 22.8. The van der Waals surface area contributed by atoms with Crippen molar-refractivity contribution in [2.24, 2.45) is 38.4 Å². The molecule has 3 rings (SSSR count). The molecule has 3 aliphatic carbocycles. The van der Waals surface area contributed by atoms with Gasteiger partial charge in [0, 0.05) is 37.8 Å². The lowest BCUT2D eigenvalue weighted by Gasteiger charge is -2.46. The first-order valence-corrected chi connectivity index (χ1v) is 23.4. The van der Waals surface area contributed by atoms with E-state index >= 15 is 0 Å². The Bertz CT molecular complexity index is 1670. The van der Waals surface area contributed by atoms with Crippen LogP contribution in [-0.2, 0) is 33.2 Å². The van der Waals surface area contributed by atoms with Gasteiger partial charge in [0.1, 0.15) is 38.1 Å². The van der Waals surface area contributed by atoms with Crippen molar-refractivity contribution < 1.29 is 57.2 Å². The van der Waals surface area contributed by atoms with Crippen LogP contribution in [0, 0.1) is 38.4 Å². The standard InChI is InChI=1S/C48H83N5O12/c1-15-37(54)60-22-32(3)63-40(57)51-30-48(14)21-36(19-45(10,11)27-48)53-42(59)65-34(5)24-62-39(56)50-29-47(13)20-35(18-44(8,9)26-47)52-41(58)64-33(4)23-61-38(55)49-28-46(12)17-31(2)16-43(6,7)25-46/h15,31-36H,1,16-30H2,2-14H3,(H,49,55)(H,50,56)(H,51,57)(H,52,58)(H,53,59). The molecular formula is C48H83N5O12. The lowest BCUT2D eigenvalue weighted by atomic mass is 9.61. The smallest absolute Gasteiger partial charge is 0.407 e. The van der Waals surface area contributed by atoms with Crippen LogP contribution < -0.4 is 26.6 Å². The van der Waals surface area contributed by atoms with E-state index in [1.807, 2.05) is 6.92 Å². The molecule has 3 aliphatic rings. The van der Waals surface area contributed by atoms with E-state index in [9.17, 15) is 28.8 Å². The minimum Gasteiger partial charge on any atom is -0.459 e. The normalized spacial score (nSPS) is 29.2. The zero-order valence-corrected chi connectivity index (χ0v) is 41.8. The van der Waals surface area contributed by atoms with Crippen LogP contribution in [0.25, 0.3) is 0 Å². The van der Waals surface area contributed by atoms with Crippen LogP contribution >= 0.6 is 0 Å². The minimum absolute atomic E-state index is 0.0107. The van der Waals surface area contributed by atoms with E-state index in [1.54, 1.807) is 20.8 Å². The molecule has 0 heterocycles. The van der Waals surface area contributed by atoms with Crippen molar-refractivity contribution in [2.45, 2.75) is 178 Å². The van der Waals surface area contributed by atoms with Gasteiger partial charge in [0.25, 0.3) is 0 Å². The fourth-order valence-electron chi connectivity index (χ4n) is 11.7. The summed E-state index contributed by atoms with van der Waals surface area (Å²) in [6.45, 7) is 30.6. The monoisotopic (exact) mass is 922 g/mol. The van der Waals surface area contributed by atoms with Gasteiger partial charge in [-0.1, -0.05) is 75.8 Å². The Morgan fingerprint density at radius 3 is 1.23 bits per heavy atom. The van der Waals surface area contributed by atoms with Gasteiger partial charge in [-0.05, 0) is 117 Å². The molecule has 9 atom stereocenters. The molecule has 17 heteroatoms. The lowest BCUT2D eigenvalue weighted by molar-refractivity contribution is -0.140. The fourth-order valence-corrected chi connectivity index (χ4v) is 11.7. The number of alkyl carbamates (subject to hydrolysis) is 5. The molecule has 65 heavy (non-hydrogen) atoms. The van der Waals surface area contributed by atoms with Gasteiger partial charge < -0.3 is 55.0 Å². The number of ether oxygens (including phenoxy) is 6. The van der Waals surface area contributed by atoms with E-state index in [0.29, 0.717) is 51.2 Å². The zero-order chi connectivity index (χ0) is 49.0. The van der Waals surface area contributed by atoms with Gasteiger partial charge >= 0.3 is 36.4 Å². The third-order valence-electron chi connectivity index (χ3n) is 12.6. The zero-order valence-electron chi connectivity index (χ0n) is 41.8. The van der Waals surface area contributed by atoms with Crippen LogP contribution in [0.1, 0.15) is 148 Å². The number of hydrogen-bond acceptors (Lipinski definition) is 12. The molecule has 3 saturated carbocycles. The highest BCUT2D eigenvalue weighted by Crippen LogP contribution is 2.49. The number of amides is 5. The Hall–Kier alpha value is -4.44. The van der Waals surface area contributed by atoms with E-state index in [2.05, 4.69) is 95.5 Å². The van der Waals surface area contributed by atoms with Crippen molar-refractivity contribution in [1.82, 2.24) is 26.6 Å². The molecule has 0 radical (unpaired) electrons. The highest BCUT2D eigenvalue weighted by atomic mass is 16.6. The average molecular weight is 922 g/mol. The number of rotatable bonds is 18. The molecule has 0 spiro atoms. The van der Waals surface area contributed by atoms with Gasteiger partial charge in [0.05, 0.1) is 0 Å². The first-order chi connectivity index (χ1) is 29.9. The van der Waals surface area contributed by atoms with Crippen molar-refractivity contribution in [2.75, 3.05) is 39.5 Å². The molecule has 0 aliphatic heterocycles. The first kappa shape index (κ1) is 54.9. The second-order valence-electron chi connectivity index (χ2n) is 23.2. The summed E-state index contributed by atoms with van der Waals surface area (Å²) < 4.78 is 32.2. The summed E-state index contributed by atoms with van der Waals surface area (Å²) in [5.41, 5.74) is -0.853. The first-order valence-electron chi connectivity index (χ1n) is 23.4. The molecular weight excluding hydrogens is 839 g/mol. The van der Waals surface area contributed by atoms with Crippen LogP contribution in [-0.4, -0.2) is 106 Å².